The average Bonchev–Trinajstić information content (AvgIpc) is 2.63. The summed E-state index contributed by atoms with van der Waals surface area (Å²) in [5.41, 5.74) is 7.74. The second-order valence-corrected chi connectivity index (χ2v) is 6.17. The van der Waals surface area contributed by atoms with E-state index >= 15 is 0 Å². The molecule has 4 nitrogen and oxygen atoms in total. The molecule has 0 radical (unpaired) electrons. The summed E-state index contributed by atoms with van der Waals surface area (Å²) in [5.74, 6) is 1.09. The summed E-state index contributed by atoms with van der Waals surface area (Å²) < 4.78 is 5.75. The average molecular weight is 371 g/mol. The van der Waals surface area contributed by atoms with Crippen LogP contribution in [-0.2, 0) is 11.3 Å². The van der Waals surface area contributed by atoms with Crippen molar-refractivity contribution in [1.29, 1.82) is 0 Å². The van der Waals surface area contributed by atoms with Crippen molar-refractivity contribution in [3.05, 3.63) is 82.5 Å². The van der Waals surface area contributed by atoms with Gasteiger partial charge in [-0.3, -0.25) is 4.79 Å². The van der Waals surface area contributed by atoms with Crippen LogP contribution in [0.15, 0.2) is 72.0 Å². The van der Waals surface area contributed by atoms with Crippen molar-refractivity contribution in [3.63, 3.8) is 0 Å². The standard InChI is InChI=1S/C21H23ClN2O2/c1-3-4-7-18(15(2)23)21(25)24-14-16-10-12-17(13-11-16)26-20-9-6-5-8-19(20)22/h4-13H,3,14,23H2,1-2H3,(H,24,25)/b7-4-,18-15-. The third kappa shape index (κ3) is 5.67. The van der Waals surface area contributed by atoms with Crippen molar-refractivity contribution in [1.82, 2.24) is 5.32 Å². The first kappa shape index (κ1) is 19.6. The van der Waals surface area contributed by atoms with Gasteiger partial charge >= 0.3 is 0 Å². The molecule has 3 N–H and O–H groups in total. The van der Waals surface area contributed by atoms with Gasteiger partial charge in [0.15, 0.2) is 0 Å². The fourth-order valence-corrected chi connectivity index (χ4v) is 2.40. The number of benzene rings is 2. The van der Waals surface area contributed by atoms with Crippen molar-refractivity contribution in [2.24, 2.45) is 5.73 Å². The Morgan fingerprint density at radius 1 is 1.19 bits per heavy atom. The highest BCUT2D eigenvalue weighted by atomic mass is 35.5. The van der Waals surface area contributed by atoms with Crippen LogP contribution in [0.1, 0.15) is 25.8 Å². The molecule has 2 aromatic rings. The molecule has 136 valence electrons. The van der Waals surface area contributed by atoms with E-state index in [0.29, 0.717) is 34.3 Å². The number of carbonyl (C=O) groups excluding carboxylic acids is 1. The monoisotopic (exact) mass is 370 g/mol. The third-order valence-electron chi connectivity index (χ3n) is 3.63. The van der Waals surface area contributed by atoms with Crippen LogP contribution in [0.4, 0.5) is 0 Å². The fourth-order valence-electron chi connectivity index (χ4n) is 2.23. The molecule has 0 spiro atoms. The van der Waals surface area contributed by atoms with Gasteiger partial charge in [0, 0.05) is 12.2 Å². The molecule has 0 aliphatic rings. The number of amides is 1. The van der Waals surface area contributed by atoms with Crippen LogP contribution >= 0.6 is 11.6 Å². The lowest BCUT2D eigenvalue weighted by Crippen LogP contribution is -2.25. The number of hydrogen-bond acceptors (Lipinski definition) is 3. The Morgan fingerprint density at radius 3 is 2.50 bits per heavy atom. The normalized spacial score (nSPS) is 12.0. The van der Waals surface area contributed by atoms with Gasteiger partial charge in [-0.25, -0.2) is 0 Å². The van der Waals surface area contributed by atoms with Crippen LogP contribution in [0.2, 0.25) is 5.02 Å². The van der Waals surface area contributed by atoms with Crippen LogP contribution in [0.25, 0.3) is 0 Å². The van der Waals surface area contributed by atoms with Gasteiger partial charge in [0.25, 0.3) is 5.91 Å². The molecule has 0 atom stereocenters. The summed E-state index contributed by atoms with van der Waals surface area (Å²) in [5, 5.41) is 3.43. The predicted molar refractivity (Wildman–Crippen MR) is 106 cm³/mol. The molecule has 26 heavy (non-hydrogen) atoms. The number of ether oxygens (including phenoxy) is 1. The summed E-state index contributed by atoms with van der Waals surface area (Å²) in [6, 6.07) is 14.8. The molecule has 0 aliphatic carbocycles. The minimum atomic E-state index is -0.189. The van der Waals surface area contributed by atoms with Gasteiger partial charge in [-0.1, -0.05) is 54.9 Å². The van der Waals surface area contributed by atoms with E-state index in [9.17, 15) is 4.79 Å². The van der Waals surface area contributed by atoms with Gasteiger partial charge in [0.05, 0.1) is 10.6 Å². The molecule has 2 aromatic carbocycles. The van der Waals surface area contributed by atoms with Gasteiger partial charge in [0.1, 0.15) is 11.5 Å². The Bertz CT molecular complexity index is 807. The maximum absolute atomic E-state index is 12.3. The maximum Gasteiger partial charge on any atom is 0.253 e. The van der Waals surface area contributed by atoms with Crippen molar-refractivity contribution >= 4 is 17.5 Å². The summed E-state index contributed by atoms with van der Waals surface area (Å²) in [7, 11) is 0. The fraction of sp³-hybridized carbons (Fsp3) is 0.190. The highest BCUT2D eigenvalue weighted by molar-refractivity contribution is 6.32. The number of allylic oxidation sites excluding steroid dienone is 2. The molecule has 2 rings (SSSR count). The van der Waals surface area contributed by atoms with Gasteiger partial charge in [-0.05, 0) is 43.2 Å². The van der Waals surface area contributed by atoms with E-state index in [0.717, 1.165) is 12.0 Å². The number of para-hydroxylation sites is 1. The van der Waals surface area contributed by atoms with E-state index in [4.69, 9.17) is 22.1 Å². The first-order valence-electron chi connectivity index (χ1n) is 8.43. The van der Waals surface area contributed by atoms with E-state index in [2.05, 4.69) is 5.32 Å². The Morgan fingerprint density at radius 2 is 1.88 bits per heavy atom. The number of hydrogen-bond donors (Lipinski definition) is 2. The topological polar surface area (TPSA) is 64.3 Å². The molecule has 0 fully saturated rings. The molecule has 0 unspecified atom stereocenters. The lowest BCUT2D eigenvalue weighted by molar-refractivity contribution is -0.117. The van der Waals surface area contributed by atoms with Gasteiger partial charge in [-0.15, -0.1) is 0 Å². The Kier molecular flexibility index (Phi) is 7.30. The zero-order valence-corrected chi connectivity index (χ0v) is 15.7. The summed E-state index contributed by atoms with van der Waals surface area (Å²) in [6.07, 6.45) is 4.51. The van der Waals surface area contributed by atoms with E-state index in [1.807, 2.05) is 55.5 Å². The second kappa shape index (κ2) is 9.68. The molecular formula is C21H23ClN2O2. The predicted octanol–water partition coefficient (Wildman–Crippen LogP) is 4.95. The van der Waals surface area contributed by atoms with Crippen molar-refractivity contribution in [2.45, 2.75) is 26.8 Å². The highest BCUT2D eigenvalue weighted by Crippen LogP contribution is 2.28. The summed E-state index contributed by atoms with van der Waals surface area (Å²) >= 11 is 6.09. The third-order valence-corrected chi connectivity index (χ3v) is 3.94. The molecule has 0 bridgehead atoms. The van der Waals surface area contributed by atoms with Crippen LogP contribution < -0.4 is 15.8 Å². The van der Waals surface area contributed by atoms with Gasteiger partial charge < -0.3 is 15.8 Å². The first-order chi connectivity index (χ1) is 12.5. The Hall–Kier alpha value is -2.72. The van der Waals surface area contributed by atoms with Crippen LogP contribution in [-0.4, -0.2) is 5.91 Å². The smallest absolute Gasteiger partial charge is 0.253 e. The van der Waals surface area contributed by atoms with Gasteiger partial charge in [0.2, 0.25) is 0 Å². The largest absolute Gasteiger partial charge is 0.456 e. The number of nitrogens with two attached hydrogens (primary N) is 1. The first-order valence-corrected chi connectivity index (χ1v) is 8.81. The molecule has 0 heterocycles. The number of halogens is 1. The molecule has 0 saturated carbocycles. The van der Waals surface area contributed by atoms with E-state index in [-0.39, 0.29) is 5.91 Å². The van der Waals surface area contributed by atoms with Crippen molar-refractivity contribution in [2.75, 3.05) is 0 Å². The van der Waals surface area contributed by atoms with E-state index < -0.39 is 0 Å². The lowest BCUT2D eigenvalue weighted by atomic mass is 10.1. The van der Waals surface area contributed by atoms with Crippen LogP contribution in [0.3, 0.4) is 0 Å². The molecular weight excluding hydrogens is 348 g/mol. The number of nitrogens with one attached hydrogen (secondary N) is 1. The van der Waals surface area contributed by atoms with Crippen molar-refractivity contribution < 1.29 is 9.53 Å². The highest BCUT2D eigenvalue weighted by Gasteiger charge is 2.08. The molecule has 0 saturated heterocycles. The summed E-state index contributed by atoms with van der Waals surface area (Å²) in [4.78, 5) is 12.3. The zero-order chi connectivity index (χ0) is 18.9. The van der Waals surface area contributed by atoms with Crippen molar-refractivity contribution in [3.8, 4) is 11.5 Å². The minimum absolute atomic E-state index is 0.189. The maximum atomic E-state index is 12.3. The van der Waals surface area contributed by atoms with Crippen LogP contribution in [0, 0.1) is 0 Å². The van der Waals surface area contributed by atoms with E-state index in [1.54, 1.807) is 19.1 Å². The molecule has 5 heteroatoms. The zero-order valence-electron chi connectivity index (χ0n) is 15.0. The Labute approximate surface area is 159 Å². The molecule has 1 amide bonds. The number of rotatable bonds is 7. The quantitative estimate of drug-likeness (QED) is 0.535. The van der Waals surface area contributed by atoms with Crippen LogP contribution in [0.5, 0.6) is 11.5 Å². The lowest BCUT2D eigenvalue weighted by Gasteiger charge is -2.10. The SMILES string of the molecule is CC/C=C\C(C(=O)NCc1ccc(Oc2ccccc2Cl)cc1)=C(/C)N. The number of carbonyl (C=O) groups is 1. The molecule has 0 aromatic heterocycles. The Balaban J connectivity index is 1.97. The van der Waals surface area contributed by atoms with Gasteiger partial charge in [-0.2, -0.15) is 0 Å². The molecule has 0 aliphatic heterocycles. The summed E-state index contributed by atoms with van der Waals surface area (Å²) in [6.45, 7) is 4.13. The minimum Gasteiger partial charge on any atom is -0.456 e. The second-order valence-electron chi connectivity index (χ2n) is 5.77. The van der Waals surface area contributed by atoms with E-state index in [1.165, 1.54) is 0 Å².